The molecule has 0 fully saturated rings. The minimum atomic E-state index is -3.95. The van der Waals surface area contributed by atoms with Gasteiger partial charge in [0.05, 0.1) is 5.16 Å². The topological polar surface area (TPSA) is 83.5 Å². The molecule has 0 bridgehead atoms. The van der Waals surface area contributed by atoms with Gasteiger partial charge in [-0.1, -0.05) is 40.0 Å². The zero-order valence-corrected chi connectivity index (χ0v) is 12.0. The van der Waals surface area contributed by atoms with Crippen molar-refractivity contribution in [3.63, 3.8) is 0 Å². The first-order valence-corrected chi connectivity index (χ1v) is 7.68. The van der Waals surface area contributed by atoms with Gasteiger partial charge in [-0.15, -0.1) is 0 Å². The molecule has 0 rings (SSSR count). The molecular formula is C11H28NO3P. The molecule has 0 heterocycles. The van der Waals surface area contributed by atoms with Gasteiger partial charge in [0, 0.05) is 0 Å². The summed E-state index contributed by atoms with van der Waals surface area (Å²) >= 11 is 0. The Labute approximate surface area is 99.8 Å². The van der Waals surface area contributed by atoms with Gasteiger partial charge in [-0.05, 0) is 26.3 Å². The van der Waals surface area contributed by atoms with Crippen LogP contribution >= 0.6 is 7.60 Å². The van der Waals surface area contributed by atoms with E-state index in [1.54, 1.807) is 0 Å². The van der Waals surface area contributed by atoms with Gasteiger partial charge in [0.15, 0.2) is 0 Å². The second-order valence-corrected chi connectivity index (χ2v) is 5.97. The molecule has 0 aliphatic rings. The maximum Gasteiger partial charge on any atom is 0.331 e. The summed E-state index contributed by atoms with van der Waals surface area (Å²) in [5.74, 6) is 0. The average Bonchev–Trinajstić information content (AvgIpc) is 2.26. The third kappa shape index (κ3) is 5.44. The van der Waals surface area contributed by atoms with Crippen molar-refractivity contribution in [2.24, 2.45) is 5.73 Å². The van der Waals surface area contributed by atoms with Gasteiger partial charge in [0.25, 0.3) is 0 Å². The molecule has 5 heteroatoms. The summed E-state index contributed by atoms with van der Waals surface area (Å²) in [7, 11) is -2.45. The van der Waals surface area contributed by atoms with E-state index in [-0.39, 0.29) is 0 Å². The summed E-state index contributed by atoms with van der Waals surface area (Å²) in [6, 6.07) is 0. The first-order chi connectivity index (χ1) is 7.43. The van der Waals surface area contributed by atoms with Crippen LogP contribution in [0.2, 0.25) is 0 Å². The zero-order valence-electron chi connectivity index (χ0n) is 11.1. The Kier molecular flexibility index (Phi) is 10.6. The fraction of sp³-hybridized carbons (Fsp3) is 1.00. The molecule has 0 aromatic heterocycles. The quantitative estimate of drug-likeness (QED) is 0.481. The molecular weight excluding hydrogens is 225 g/mol. The molecule has 4 N–H and O–H groups in total. The van der Waals surface area contributed by atoms with Crippen LogP contribution in [0, 0.1) is 0 Å². The van der Waals surface area contributed by atoms with Crippen molar-refractivity contribution in [3.05, 3.63) is 0 Å². The van der Waals surface area contributed by atoms with Crippen LogP contribution in [0.1, 0.15) is 59.3 Å². The molecule has 0 aromatic rings. The highest BCUT2D eigenvalue weighted by atomic mass is 31.2. The lowest BCUT2D eigenvalue weighted by atomic mass is 9.95. The Hall–Kier alpha value is 0.110. The molecule has 16 heavy (non-hydrogen) atoms. The minimum absolute atomic E-state index is 0.567. The van der Waals surface area contributed by atoms with Crippen LogP contribution in [-0.2, 0) is 4.57 Å². The third-order valence-electron chi connectivity index (χ3n) is 3.18. The van der Waals surface area contributed by atoms with Crippen LogP contribution in [0.5, 0.6) is 0 Å². The second-order valence-electron chi connectivity index (χ2n) is 3.93. The molecule has 0 radical (unpaired) electrons. The average molecular weight is 253 g/mol. The van der Waals surface area contributed by atoms with Gasteiger partial charge in [-0.2, -0.15) is 0 Å². The van der Waals surface area contributed by atoms with Crippen molar-refractivity contribution in [2.75, 3.05) is 7.05 Å². The lowest BCUT2D eigenvalue weighted by Gasteiger charge is -2.32. The fourth-order valence-corrected chi connectivity index (χ4v) is 3.14. The van der Waals surface area contributed by atoms with E-state index in [2.05, 4.69) is 12.7 Å². The predicted molar refractivity (Wildman–Crippen MR) is 69.6 cm³/mol. The molecule has 4 nitrogen and oxygen atoms in total. The number of rotatable bonds is 7. The van der Waals surface area contributed by atoms with Gasteiger partial charge in [-0.3, -0.25) is 4.57 Å². The maximum absolute atomic E-state index is 11.4. The molecule has 0 unspecified atom stereocenters. The predicted octanol–water partition coefficient (Wildman–Crippen LogP) is 2.88. The number of nitrogens with two attached hydrogens (primary N) is 1. The maximum atomic E-state index is 11.4. The molecule has 0 aliphatic carbocycles. The summed E-state index contributed by atoms with van der Waals surface area (Å²) in [6.45, 7) is 5.83. The Morgan fingerprint density at radius 1 is 1.06 bits per heavy atom. The van der Waals surface area contributed by atoms with Gasteiger partial charge >= 0.3 is 7.60 Å². The van der Waals surface area contributed by atoms with E-state index in [9.17, 15) is 14.4 Å². The zero-order chi connectivity index (χ0) is 13.2. The molecule has 0 amide bonds. The van der Waals surface area contributed by atoms with E-state index in [0.29, 0.717) is 19.3 Å². The normalized spacial score (nSPS) is 11.9. The Morgan fingerprint density at radius 2 is 1.50 bits per heavy atom. The van der Waals surface area contributed by atoms with Gasteiger partial charge < -0.3 is 15.5 Å². The van der Waals surface area contributed by atoms with Crippen molar-refractivity contribution in [2.45, 2.75) is 64.5 Å². The SMILES string of the molecule is CCCCCC(CC)(CC)P(=O)(O)O.CN. The van der Waals surface area contributed by atoms with Gasteiger partial charge in [0.2, 0.25) is 0 Å². The van der Waals surface area contributed by atoms with E-state index in [0.717, 1.165) is 19.3 Å². The van der Waals surface area contributed by atoms with Crippen molar-refractivity contribution in [1.82, 2.24) is 0 Å². The minimum Gasteiger partial charge on any atom is -0.333 e. The van der Waals surface area contributed by atoms with Crippen molar-refractivity contribution >= 4 is 7.60 Å². The van der Waals surface area contributed by atoms with Crippen LogP contribution in [0.4, 0.5) is 0 Å². The summed E-state index contributed by atoms with van der Waals surface area (Å²) in [5.41, 5.74) is 4.50. The lowest BCUT2D eigenvalue weighted by molar-refractivity contribution is 0.300. The Balaban J connectivity index is 0. The summed E-state index contributed by atoms with van der Waals surface area (Å²) < 4.78 is 11.4. The van der Waals surface area contributed by atoms with Crippen LogP contribution in [0.15, 0.2) is 0 Å². The standard InChI is InChI=1S/C10H23O3P.CH5N/c1-4-7-8-9-10(5-2,6-3)14(11,12)13;1-2/h4-9H2,1-3H3,(H2,11,12,13);2H2,1H3. The lowest BCUT2D eigenvalue weighted by Crippen LogP contribution is -2.27. The largest absolute Gasteiger partial charge is 0.333 e. The highest BCUT2D eigenvalue weighted by molar-refractivity contribution is 7.53. The Morgan fingerprint density at radius 3 is 1.75 bits per heavy atom. The first kappa shape index (κ1) is 18.5. The molecule has 0 aliphatic heterocycles. The van der Waals surface area contributed by atoms with Crippen molar-refractivity contribution < 1.29 is 14.4 Å². The molecule has 0 spiro atoms. The molecule has 100 valence electrons. The van der Waals surface area contributed by atoms with Crippen LogP contribution in [0.25, 0.3) is 0 Å². The highest BCUT2D eigenvalue weighted by Crippen LogP contribution is 2.56. The number of hydrogen-bond acceptors (Lipinski definition) is 2. The van der Waals surface area contributed by atoms with Crippen molar-refractivity contribution in [3.8, 4) is 0 Å². The van der Waals surface area contributed by atoms with E-state index >= 15 is 0 Å². The van der Waals surface area contributed by atoms with Gasteiger partial charge in [0.1, 0.15) is 0 Å². The van der Waals surface area contributed by atoms with E-state index in [1.807, 2.05) is 13.8 Å². The smallest absolute Gasteiger partial charge is 0.331 e. The summed E-state index contributed by atoms with van der Waals surface area (Å²) in [4.78, 5) is 18.7. The summed E-state index contributed by atoms with van der Waals surface area (Å²) in [6.07, 6.45) is 4.85. The molecule has 0 saturated heterocycles. The molecule has 0 saturated carbocycles. The highest BCUT2D eigenvalue weighted by Gasteiger charge is 2.42. The van der Waals surface area contributed by atoms with E-state index in [4.69, 9.17) is 0 Å². The van der Waals surface area contributed by atoms with E-state index in [1.165, 1.54) is 7.05 Å². The Bertz CT molecular complexity index is 199. The van der Waals surface area contributed by atoms with Crippen LogP contribution in [0.3, 0.4) is 0 Å². The van der Waals surface area contributed by atoms with Gasteiger partial charge in [-0.25, -0.2) is 0 Å². The molecule has 0 aromatic carbocycles. The second kappa shape index (κ2) is 9.17. The van der Waals surface area contributed by atoms with Crippen LogP contribution < -0.4 is 5.73 Å². The molecule has 0 atom stereocenters. The number of hydrogen-bond donors (Lipinski definition) is 3. The monoisotopic (exact) mass is 253 g/mol. The number of unbranched alkanes of at least 4 members (excludes halogenated alkanes) is 2. The summed E-state index contributed by atoms with van der Waals surface area (Å²) in [5, 5.41) is -0.762. The van der Waals surface area contributed by atoms with E-state index < -0.39 is 12.8 Å². The fourth-order valence-electron chi connectivity index (χ4n) is 1.87. The van der Waals surface area contributed by atoms with Crippen molar-refractivity contribution in [1.29, 1.82) is 0 Å². The third-order valence-corrected chi connectivity index (χ3v) is 5.27. The first-order valence-electron chi connectivity index (χ1n) is 6.07. The van der Waals surface area contributed by atoms with Crippen LogP contribution in [-0.4, -0.2) is 22.0 Å².